The van der Waals surface area contributed by atoms with E-state index in [0.717, 1.165) is 0 Å². The molecule has 15 heteroatoms. The van der Waals surface area contributed by atoms with Crippen molar-refractivity contribution < 1.29 is 35.9 Å². The van der Waals surface area contributed by atoms with Crippen molar-refractivity contribution in [3.63, 3.8) is 0 Å². The summed E-state index contributed by atoms with van der Waals surface area (Å²) in [6, 6.07) is 7.32. The van der Waals surface area contributed by atoms with Crippen LogP contribution < -0.4 is 5.32 Å². The summed E-state index contributed by atoms with van der Waals surface area (Å²) in [5.74, 6) is -0.398. The number of carbonyl (C=O) groups is 2. The average molecular weight is 618 g/mol. The van der Waals surface area contributed by atoms with E-state index < -0.39 is 57.6 Å². The Morgan fingerprint density at radius 1 is 1.15 bits per heavy atom. The monoisotopic (exact) mass is 617 g/mol. The highest BCUT2D eigenvalue weighted by molar-refractivity contribution is 7.92. The van der Waals surface area contributed by atoms with E-state index in [-0.39, 0.29) is 42.0 Å². The molecule has 4 fully saturated rings. The first-order valence-electron chi connectivity index (χ1n) is 13.6. The van der Waals surface area contributed by atoms with Crippen LogP contribution in [0, 0.1) is 11.3 Å². The summed E-state index contributed by atoms with van der Waals surface area (Å²) in [7, 11) is -4.00. The van der Waals surface area contributed by atoms with Crippen LogP contribution in [0.4, 0.5) is 18.0 Å². The lowest BCUT2D eigenvalue weighted by Crippen LogP contribution is -2.63. The summed E-state index contributed by atoms with van der Waals surface area (Å²) in [5, 5.41) is 10.8. The van der Waals surface area contributed by atoms with E-state index in [4.69, 9.17) is 16.3 Å². The van der Waals surface area contributed by atoms with E-state index in [1.54, 1.807) is 12.1 Å². The molecule has 1 aromatic carbocycles. The standard InChI is InChI=1S/C26H31ClF3N5O5S/c27-19-3-1-2-4-21(19)41(38,39)18-13-22(40-24(37)32-25(15-31)8-9-25)35(14-18)23(36)20-7-12-34(20)17-5-10-33(11-6-17)16-26(28,29)30/h1-4,17-18,20,22H,5-14,16H2,(H,32,37)/t18-,20?,22+/m1/s1. The van der Waals surface area contributed by atoms with Gasteiger partial charge in [0.2, 0.25) is 5.91 Å². The molecule has 224 valence electrons. The number of alkyl carbamates (subject to hydrolysis) is 1. The van der Waals surface area contributed by atoms with Gasteiger partial charge in [0, 0.05) is 25.6 Å². The molecule has 0 spiro atoms. The fourth-order valence-electron chi connectivity index (χ4n) is 5.89. The largest absolute Gasteiger partial charge is 0.425 e. The van der Waals surface area contributed by atoms with Crippen molar-refractivity contribution in [2.45, 2.75) is 78.7 Å². The maximum Gasteiger partial charge on any atom is 0.410 e. The van der Waals surface area contributed by atoms with Crippen molar-refractivity contribution in [3.8, 4) is 6.07 Å². The van der Waals surface area contributed by atoms with Crippen LogP contribution >= 0.6 is 11.6 Å². The first-order valence-corrected chi connectivity index (χ1v) is 15.5. The van der Waals surface area contributed by atoms with Gasteiger partial charge in [-0.25, -0.2) is 13.2 Å². The van der Waals surface area contributed by atoms with E-state index >= 15 is 0 Å². The lowest BCUT2D eigenvalue weighted by molar-refractivity contribution is -0.155. The van der Waals surface area contributed by atoms with E-state index in [1.165, 1.54) is 21.9 Å². The van der Waals surface area contributed by atoms with Gasteiger partial charge in [-0.2, -0.15) is 18.4 Å². The number of rotatable bonds is 7. The van der Waals surface area contributed by atoms with Crippen LogP contribution in [-0.2, 0) is 19.4 Å². The number of nitrogens with zero attached hydrogens (tertiary/aromatic N) is 4. The average Bonchev–Trinajstić information content (AvgIpc) is 3.52. The summed E-state index contributed by atoms with van der Waals surface area (Å²) in [5.41, 5.74) is -1.01. The number of carbonyl (C=O) groups excluding carboxylic acids is 2. The van der Waals surface area contributed by atoms with E-state index in [0.29, 0.717) is 38.6 Å². The van der Waals surface area contributed by atoms with E-state index in [9.17, 15) is 36.4 Å². The molecule has 3 heterocycles. The van der Waals surface area contributed by atoms with Crippen LogP contribution in [0.2, 0.25) is 5.02 Å². The predicted molar refractivity (Wildman–Crippen MR) is 140 cm³/mol. The number of halogens is 4. The number of ether oxygens (including phenoxy) is 1. The second-order valence-corrected chi connectivity index (χ2v) is 13.8. The Balaban J connectivity index is 1.30. The molecular weight excluding hydrogens is 587 g/mol. The molecule has 1 saturated carbocycles. The van der Waals surface area contributed by atoms with Gasteiger partial charge in [0.25, 0.3) is 0 Å². The number of hydrogen-bond acceptors (Lipinski definition) is 8. The number of nitrogens with one attached hydrogen (secondary N) is 1. The van der Waals surface area contributed by atoms with Crippen molar-refractivity contribution in [1.29, 1.82) is 5.26 Å². The Morgan fingerprint density at radius 3 is 2.39 bits per heavy atom. The molecule has 2 amide bonds. The number of piperidine rings is 1. The summed E-state index contributed by atoms with van der Waals surface area (Å²) >= 11 is 6.18. The smallest absolute Gasteiger partial charge is 0.410 e. The van der Waals surface area contributed by atoms with Gasteiger partial charge in [-0.3, -0.25) is 14.6 Å². The second-order valence-electron chi connectivity index (χ2n) is 11.2. The van der Waals surface area contributed by atoms with Crippen molar-refractivity contribution in [1.82, 2.24) is 20.0 Å². The molecule has 0 radical (unpaired) electrons. The highest BCUT2D eigenvalue weighted by Gasteiger charge is 2.51. The third-order valence-electron chi connectivity index (χ3n) is 8.40. The van der Waals surface area contributed by atoms with Gasteiger partial charge >= 0.3 is 12.3 Å². The molecule has 1 aromatic rings. The summed E-state index contributed by atoms with van der Waals surface area (Å²) in [6.45, 7) is -0.0777. The quantitative estimate of drug-likeness (QED) is 0.496. The van der Waals surface area contributed by atoms with Gasteiger partial charge in [-0.1, -0.05) is 23.7 Å². The first kappa shape index (κ1) is 29.9. The van der Waals surface area contributed by atoms with Gasteiger partial charge in [0.15, 0.2) is 16.1 Å². The minimum Gasteiger partial charge on any atom is -0.425 e. The fourth-order valence-corrected chi connectivity index (χ4v) is 8.09. The fraction of sp³-hybridized carbons (Fsp3) is 0.654. The van der Waals surface area contributed by atoms with Gasteiger partial charge in [0.05, 0.1) is 33.8 Å². The molecule has 3 atom stereocenters. The van der Waals surface area contributed by atoms with E-state index in [1.807, 2.05) is 11.0 Å². The van der Waals surface area contributed by atoms with Crippen LogP contribution in [0.1, 0.15) is 38.5 Å². The van der Waals surface area contributed by atoms with Gasteiger partial charge < -0.3 is 15.0 Å². The maximum atomic E-state index is 13.8. The van der Waals surface area contributed by atoms with Gasteiger partial charge in [0.1, 0.15) is 5.54 Å². The predicted octanol–water partition coefficient (Wildman–Crippen LogP) is 2.92. The molecule has 5 rings (SSSR count). The van der Waals surface area contributed by atoms with E-state index in [2.05, 4.69) is 5.32 Å². The van der Waals surface area contributed by atoms with Gasteiger partial charge in [-0.15, -0.1) is 0 Å². The van der Waals surface area contributed by atoms with Crippen LogP contribution in [-0.4, -0.2) is 103 Å². The summed E-state index contributed by atoms with van der Waals surface area (Å²) < 4.78 is 71.0. The minimum absolute atomic E-state index is 0.0409. The lowest BCUT2D eigenvalue weighted by Gasteiger charge is -2.49. The SMILES string of the molecule is N#CC1(NC(=O)O[C@H]2C[C@@H](S(=O)(=O)c3ccccc3Cl)CN2C(=O)C2CCN2C2CCN(CC(F)(F)F)CC2)CC1. The number of alkyl halides is 3. The topological polar surface area (TPSA) is 123 Å². The molecule has 1 unspecified atom stereocenters. The van der Waals surface area contributed by atoms with Crippen molar-refractivity contribution in [2.24, 2.45) is 0 Å². The Labute approximate surface area is 241 Å². The van der Waals surface area contributed by atoms with Crippen molar-refractivity contribution >= 4 is 33.4 Å². The Hall–Kier alpha value is -2.60. The Kier molecular flexibility index (Phi) is 8.19. The molecule has 0 bridgehead atoms. The number of nitriles is 1. The van der Waals surface area contributed by atoms with Crippen LogP contribution in [0.5, 0.6) is 0 Å². The second kappa shape index (κ2) is 11.2. The number of benzene rings is 1. The third-order valence-corrected chi connectivity index (χ3v) is 11.0. The lowest BCUT2D eigenvalue weighted by atomic mass is 9.93. The van der Waals surface area contributed by atoms with Crippen LogP contribution in [0.15, 0.2) is 29.2 Å². The zero-order valence-corrected chi connectivity index (χ0v) is 23.7. The third kappa shape index (κ3) is 6.43. The van der Waals surface area contributed by atoms with Crippen molar-refractivity contribution in [3.05, 3.63) is 29.3 Å². The Morgan fingerprint density at radius 2 is 1.83 bits per heavy atom. The summed E-state index contributed by atoms with van der Waals surface area (Å²) in [4.78, 5) is 31.0. The minimum atomic E-state index is -4.27. The molecule has 0 aromatic heterocycles. The zero-order valence-electron chi connectivity index (χ0n) is 22.1. The number of amides is 2. The Bertz CT molecular complexity index is 1330. The first-order chi connectivity index (χ1) is 19.3. The van der Waals surface area contributed by atoms with Crippen LogP contribution in [0.25, 0.3) is 0 Å². The molecule has 41 heavy (non-hydrogen) atoms. The highest BCUT2D eigenvalue weighted by atomic mass is 35.5. The van der Waals surface area contributed by atoms with Crippen LogP contribution in [0.3, 0.4) is 0 Å². The number of likely N-dealkylation sites (tertiary alicyclic amines) is 3. The molecule has 10 nitrogen and oxygen atoms in total. The molecule has 3 saturated heterocycles. The normalized spacial score (nSPS) is 27.1. The van der Waals surface area contributed by atoms with Crippen molar-refractivity contribution in [2.75, 3.05) is 32.7 Å². The highest BCUT2D eigenvalue weighted by Crippen LogP contribution is 2.37. The molecule has 1 N–H and O–H groups in total. The molecule has 1 aliphatic carbocycles. The molecular formula is C26H31ClF3N5O5S. The number of hydrogen-bond donors (Lipinski definition) is 1. The summed E-state index contributed by atoms with van der Waals surface area (Å²) in [6.07, 6.45) is -4.16. The molecule has 4 aliphatic rings. The van der Waals surface area contributed by atoms with Gasteiger partial charge in [-0.05, 0) is 57.3 Å². The number of sulfone groups is 1. The molecule has 3 aliphatic heterocycles. The maximum absolute atomic E-state index is 13.8. The zero-order chi connectivity index (χ0) is 29.6.